The lowest BCUT2D eigenvalue weighted by Gasteiger charge is -2.31. The molecule has 0 bridgehead atoms. The molecule has 2 fully saturated rings. The van der Waals surface area contributed by atoms with E-state index in [1.54, 1.807) is 0 Å². The molecule has 2 aliphatic rings. The lowest BCUT2D eigenvalue weighted by molar-refractivity contribution is -0.131. The van der Waals surface area contributed by atoms with Crippen molar-refractivity contribution in [3.63, 3.8) is 0 Å². The van der Waals surface area contributed by atoms with Crippen LogP contribution in [-0.4, -0.2) is 36.5 Å². The van der Waals surface area contributed by atoms with Gasteiger partial charge in [-0.05, 0) is 37.6 Å². The van der Waals surface area contributed by atoms with Gasteiger partial charge in [-0.15, -0.1) is 0 Å². The Hall–Kier alpha value is -0.570. The zero-order valence-electron chi connectivity index (χ0n) is 10.5. The van der Waals surface area contributed by atoms with Crippen LogP contribution in [-0.2, 0) is 4.79 Å². The van der Waals surface area contributed by atoms with Crippen molar-refractivity contribution in [1.82, 2.24) is 10.2 Å². The molecule has 1 N–H and O–H groups in total. The fourth-order valence-corrected chi connectivity index (χ4v) is 2.87. The largest absolute Gasteiger partial charge is 0.342 e. The first-order chi connectivity index (χ1) is 7.66. The zero-order valence-corrected chi connectivity index (χ0v) is 10.5. The first-order valence-corrected chi connectivity index (χ1v) is 6.68. The smallest absolute Gasteiger partial charge is 0.224 e. The van der Waals surface area contributed by atoms with Crippen LogP contribution in [0.2, 0.25) is 0 Å². The minimum atomic E-state index is 0.357. The summed E-state index contributed by atoms with van der Waals surface area (Å²) in [4.78, 5) is 14.1. The first-order valence-electron chi connectivity index (χ1n) is 6.68. The Morgan fingerprint density at radius 3 is 2.81 bits per heavy atom. The summed E-state index contributed by atoms with van der Waals surface area (Å²) >= 11 is 0. The molecule has 1 amide bonds. The molecule has 2 saturated heterocycles. The van der Waals surface area contributed by atoms with Gasteiger partial charge < -0.3 is 10.2 Å². The van der Waals surface area contributed by atoms with Crippen LogP contribution in [0.4, 0.5) is 0 Å². The topological polar surface area (TPSA) is 32.3 Å². The van der Waals surface area contributed by atoms with E-state index in [1.165, 1.54) is 19.3 Å². The SMILES string of the molecule is CC1CCN(C(=O)CC2NCCCC2C)C1. The Bertz CT molecular complexity index is 254. The molecule has 0 saturated carbocycles. The molecule has 0 aromatic carbocycles. The Morgan fingerprint density at radius 2 is 2.19 bits per heavy atom. The number of nitrogens with zero attached hydrogens (tertiary/aromatic N) is 1. The van der Waals surface area contributed by atoms with Crippen molar-refractivity contribution in [2.24, 2.45) is 11.8 Å². The van der Waals surface area contributed by atoms with Gasteiger partial charge in [0, 0.05) is 25.6 Å². The van der Waals surface area contributed by atoms with Crippen molar-refractivity contribution in [2.45, 2.75) is 45.6 Å². The number of hydrogen-bond donors (Lipinski definition) is 1. The van der Waals surface area contributed by atoms with Crippen molar-refractivity contribution < 1.29 is 4.79 Å². The van der Waals surface area contributed by atoms with Crippen LogP contribution in [0.15, 0.2) is 0 Å². The molecule has 0 aromatic heterocycles. The van der Waals surface area contributed by atoms with Crippen LogP contribution in [0.25, 0.3) is 0 Å². The summed E-state index contributed by atoms with van der Waals surface area (Å²) in [5.41, 5.74) is 0. The molecule has 92 valence electrons. The minimum absolute atomic E-state index is 0.357. The number of carbonyl (C=O) groups excluding carboxylic acids is 1. The quantitative estimate of drug-likeness (QED) is 0.773. The Balaban J connectivity index is 1.82. The van der Waals surface area contributed by atoms with Crippen molar-refractivity contribution in [1.29, 1.82) is 0 Å². The maximum atomic E-state index is 12.1. The Labute approximate surface area is 98.6 Å². The number of hydrogen-bond acceptors (Lipinski definition) is 2. The van der Waals surface area contributed by atoms with Crippen LogP contribution in [0.3, 0.4) is 0 Å². The summed E-state index contributed by atoms with van der Waals surface area (Å²) < 4.78 is 0. The molecule has 0 radical (unpaired) electrons. The van der Waals surface area contributed by atoms with Gasteiger partial charge in [0.25, 0.3) is 0 Å². The monoisotopic (exact) mass is 224 g/mol. The average Bonchev–Trinajstić information content (AvgIpc) is 2.68. The van der Waals surface area contributed by atoms with E-state index in [2.05, 4.69) is 19.2 Å². The third-order valence-corrected chi connectivity index (χ3v) is 4.10. The number of piperidine rings is 1. The van der Waals surface area contributed by atoms with E-state index in [4.69, 9.17) is 0 Å². The fourth-order valence-electron chi connectivity index (χ4n) is 2.87. The van der Waals surface area contributed by atoms with Crippen molar-refractivity contribution in [2.75, 3.05) is 19.6 Å². The third-order valence-electron chi connectivity index (χ3n) is 4.10. The van der Waals surface area contributed by atoms with E-state index in [1.807, 2.05) is 4.90 Å². The highest BCUT2D eigenvalue weighted by Crippen LogP contribution is 2.21. The maximum Gasteiger partial charge on any atom is 0.224 e. The molecular formula is C13H24N2O. The molecule has 3 nitrogen and oxygen atoms in total. The van der Waals surface area contributed by atoms with Gasteiger partial charge >= 0.3 is 0 Å². The molecule has 3 atom stereocenters. The predicted octanol–water partition coefficient (Wildman–Crippen LogP) is 1.63. The average molecular weight is 224 g/mol. The fraction of sp³-hybridized carbons (Fsp3) is 0.923. The van der Waals surface area contributed by atoms with Crippen LogP contribution in [0.5, 0.6) is 0 Å². The highest BCUT2D eigenvalue weighted by atomic mass is 16.2. The van der Waals surface area contributed by atoms with Gasteiger partial charge in [-0.2, -0.15) is 0 Å². The van der Waals surface area contributed by atoms with Gasteiger partial charge in [0.1, 0.15) is 0 Å². The summed E-state index contributed by atoms with van der Waals surface area (Å²) in [6.07, 6.45) is 4.40. The first kappa shape index (κ1) is 11.9. The molecule has 3 unspecified atom stereocenters. The number of carbonyl (C=O) groups is 1. The molecule has 0 spiro atoms. The van der Waals surface area contributed by atoms with Gasteiger partial charge in [0.05, 0.1) is 0 Å². The summed E-state index contributed by atoms with van der Waals surface area (Å²) in [6, 6.07) is 0.414. The number of rotatable bonds is 2. The van der Waals surface area contributed by atoms with Gasteiger partial charge in [0.2, 0.25) is 5.91 Å². The standard InChI is InChI=1S/C13H24N2O/c1-10-5-7-15(9-10)13(16)8-12-11(2)4-3-6-14-12/h10-12,14H,3-9H2,1-2H3. The Morgan fingerprint density at radius 1 is 1.38 bits per heavy atom. The van der Waals surface area contributed by atoms with Crippen molar-refractivity contribution >= 4 is 5.91 Å². The normalized spacial score (nSPS) is 35.4. The van der Waals surface area contributed by atoms with E-state index >= 15 is 0 Å². The number of nitrogens with one attached hydrogen (secondary N) is 1. The van der Waals surface area contributed by atoms with Crippen molar-refractivity contribution in [3.05, 3.63) is 0 Å². The second-order valence-corrected chi connectivity index (χ2v) is 5.62. The van der Waals surface area contributed by atoms with Crippen LogP contribution in [0.1, 0.15) is 39.5 Å². The summed E-state index contributed by atoms with van der Waals surface area (Å²) in [7, 11) is 0. The maximum absolute atomic E-state index is 12.1. The molecule has 2 heterocycles. The lowest BCUT2D eigenvalue weighted by Crippen LogP contribution is -2.44. The van der Waals surface area contributed by atoms with Gasteiger partial charge in [-0.25, -0.2) is 0 Å². The molecule has 2 aliphatic heterocycles. The van der Waals surface area contributed by atoms with Crippen LogP contribution in [0, 0.1) is 11.8 Å². The van der Waals surface area contributed by atoms with E-state index < -0.39 is 0 Å². The van der Waals surface area contributed by atoms with Crippen molar-refractivity contribution in [3.8, 4) is 0 Å². The second kappa shape index (κ2) is 5.17. The van der Waals surface area contributed by atoms with Crippen LogP contribution < -0.4 is 5.32 Å². The Kier molecular flexibility index (Phi) is 3.85. The predicted molar refractivity (Wildman–Crippen MR) is 65.2 cm³/mol. The van der Waals surface area contributed by atoms with E-state index in [0.29, 0.717) is 30.2 Å². The summed E-state index contributed by atoms with van der Waals surface area (Å²) in [5.74, 6) is 1.70. The minimum Gasteiger partial charge on any atom is -0.342 e. The third kappa shape index (κ3) is 2.76. The lowest BCUT2D eigenvalue weighted by atomic mass is 9.90. The van der Waals surface area contributed by atoms with E-state index in [0.717, 1.165) is 19.6 Å². The zero-order chi connectivity index (χ0) is 11.5. The molecular weight excluding hydrogens is 200 g/mol. The highest BCUT2D eigenvalue weighted by molar-refractivity contribution is 5.77. The molecule has 0 aromatic rings. The summed E-state index contributed by atoms with van der Waals surface area (Å²) in [5, 5.41) is 3.49. The van der Waals surface area contributed by atoms with Gasteiger partial charge in [-0.3, -0.25) is 4.79 Å². The van der Waals surface area contributed by atoms with E-state index in [9.17, 15) is 4.79 Å². The van der Waals surface area contributed by atoms with Crippen LogP contribution >= 0.6 is 0 Å². The molecule has 16 heavy (non-hydrogen) atoms. The molecule has 0 aliphatic carbocycles. The summed E-state index contributed by atoms with van der Waals surface area (Å²) in [6.45, 7) is 7.52. The number of amides is 1. The highest BCUT2D eigenvalue weighted by Gasteiger charge is 2.28. The molecule has 2 rings (SSSR count). The van der Waals surface area contributed by atoms with Gasteiger partial charge in [0.15, 0.2) is 0 Å². The second-order valence-electron chi connectivity index (χ2n) is 5.62. The van der Waals surface area contributed by atoms with Gasteiger partial charge in [-0.1, -0.05) is 13.8 Å². The molecule has 3 heteroatoms. The number of likely N-dealkylation sites (tertiary alicyclic amines) is 1. The van der Waals surface area contributed by atoms with E-state index in [-0.39, 0.29) is 0 Å².